The summed E-state index contributed by atoms with van der Waals surface area (Å²) in [5.74, 6) is 0.438. The van der Waals surface area contributed by atoms with E-state index in [0.29, 0.717) is 30.8 Å². The molecule has 7 heteroatoms. The largest absolute Gasteiger partial charge is 0.378 e. The van der Waals surface area contributed by atoms with E-state index in [2.05, 4.69) is 14.9 Å². The molecule has 150 valence electrons. The number of H-pyrrole nitrogens is 1. The first-order valence-electron chi connectivity index (χ1n) is 10.1. The number of fused-ring (bicyclic) bond motifs is 1. The standard InChI is InChI=1S/C22H23FN4O2/c23-15-7-8-17-18(14-15)25-21(24-17)20-6-3-9-27(20)22(28)16-4-1-2-5-19(16)26-10-12-29-13-11-26/h1-2,4-5,7-8,14,20H,3,6,9-13H2,(H,24,25). The lowest BCUT2D eigenvalue weighted by molar-refractivity contribution is 0.0730. The van der Waals surface area contributed by atoms with Crippen molar-refractivity contribution in [3.05, 3.63) is 59.7 Å². The highest BCUT2D eigenvalue weighted by Crippen LogP contribution is 2.34. The highest BCUT2D eigenvalue weighted by molar-refractivity contribution is 6.00. The number of imidazole rings is 1. The van der Waals surface area contributed by atoms with Crippen LogP contribution in [0.4, 0.5) is 10.1 Å². The molecule has 29 heavy (non-hydrogen) atoms. The molecular weight excluding hydrogens is 371 g/mol. The maximum Gasteiger partial charge on any atom is 0.256 e. The molecule has 2 saturated heterocycles. The number of ether oxygens (including phenoxy) is 1. The van der Waals surface area contributed by atoms with Crippen molar-refractivity contribution in [2.24, 2.45) is 0 Å². The predicted molar refractivity (Wildman–Crippen MR) is 109 cm³/mol. The van der Waals surface area contributed by atoms with E-state index in [1.165, 1.54) is 12.1 Å². The number of halogens is 1. The number of anilines is 1. The lowest BCUT2D eigenvalue weighted by atomic mass is 10.1. The summed E-state index contributed by atoms with van der Waals surface area (Å²) in [6, 6.07) is 12.2. The van der Waals surface area contributed by atoms with Gasteiger partial charge in [0, 0.05) is 25.3 Å². The summed E-state index contributed by atoms with van der Waals surface area (Å²) in [6.45, 7) is 3.59. The first kappa shape index (κ1) is 18.1. The minimum Gasteiger partial charge on any atom is -0.378 e. The van der Waals surface area contributed by atoms with E-state index in [1.807, 2.05) is 29.2 Å². The summed E-state index contributed by atoms with van der Waals surface area (Å²) < 4.78 is 19.0. The van der Waals surface area contributed by atoms with Gasteiger partial charge in [-0.3, -0.25) is 4.79 Å². The summed E-state index contributed by atoms with van der Waals surface area (Å²) in [6.07, 6.45) is 1.76. The number of hydrogen-bond acceptors (Lipinski definition) is 4. The number of hydrogen-bond donors (Lipinski definition) is 1. The van der Waals surface area contributed by atoms with Gasteiger partial charge in [-0.1, -0.05) is 12.1 Å². The van der Waals surface area contributed by atoms with E-state index >= 15 is 0 Å². The second-order valence-corrected chi connectivity index (χ2v) is 7.56. The Kier molecular flexibility index (Phi) is 4.67. The number of nitrogens with zero attached hydrogens (tertiary/aromatic N) is 3. The number of aromatic amines is 1. The number of rotatable bonds is 3. The molecule has 1 amide bonds. The molecular formula is C22H23FN4O2. The predicted octanol–water partition coefficient (Wildman–Crippen LogP) is 3.52. The molecule has 0 bridgehead atoms. The number of para-hydroxylation sites is 1. The Morgan fingerprint density at radius 3 is 2.83 bits per heavy atom. The number of amides is 1. The van der Waals surface area contributed by atoms with Crippen LogP contribution in [0.5, 0.6) is 0 Å². The summed E-state index contributed by atoms with van der Waals surface area (Å²) in [5, 5.41) is 0. The Hall–Kier alpha value is -2.93. The molecule has 1 atom stereocenters. The lowest BCUT2D eigenvalue weighted by Crippen LogP contribution is -2.38. The fraction of sp³-hybridized carbons (Fsp3) is 0.364. The van der Waals surface area contributed by atoms with Gasteiger partial charge in [0.15, 0.2) is 0 Å². The van der Waals surface area contributed by atoms with Gasteiger partial charge in [0.25, 0.3) is 5.91 Å². The third-order valence-corrected chi connectivity index (χ3v) is 5.78. The van der Waals surface area contributed by atoms with E-state index in [-0.39, 0.29) is 17.8 Å². The van der Waals surface area contributed by atoms with Gasteiger partial charge < -0.3 is 19.5 Å². The van der Waals surface area contributed by atoms with Crippen LogP contribution >= 0.6 is 0 Å². The molecule has 2 aromatic carbocycles. The van der Waals surface area contributed by atoms with Crippen LogP contribution in [-0.4, -0.2) is 53.6 Å². The first-order chi connectivity index (χ1) is 14.2. The Morgan fingerprint density at radius 2 is 1.97 bits per heavy atom. The minimum absolute atomic E-state index is 0.0150. The normalized spacial score (nSPS) is 19.8. The van der Waals surface area contributed by atoms with Crippen molar-refractivity contribution in [2.75, 3.05) is 37.7 Å². The number of likely N-dealkylation sites (tertiary alicyclic amines) is 1. The molecule has 0 saturated carbocycles. The molecule has 0 radical (unpaired) electrons. The van der Waals surface area contributed by atoms with Crippen molar-refractivity contribution in [1.29, 1.82) is 0 Å². The molecule has 1 unspecified atom stereocenters. The van der Waals surface area contributed by atoms with E-state index in [9.17, 15) is 9.18 Å². The molecule has 0 aliphatic carbocycles. The van der Waals surface area contributed by atoms with Gasteiger partial charge in [-0.15, -0.1) is 0 Å². The SMILES string of the molecule is O=C(c1ccccc1N1CCOCC1)N1CCCC1c1nc2ccc(F)cc2[nH]1. The van der Waals surface area contributed by atoms with Crippen LogP contribution in [0.1, 0.15) is 35.1 Å². The van der Waals surface area contributed by atoms with Crippen LogP contribution < -0.4 is 4.90 Å². The van der Waals surface area contributed by atoms with Crippen LogP contribution in [0.15, 0.2) is 42.5 Å². The highest BCUT2D eigenvalue weighted by atomic mass is 19.1. The zero-order valence-electron chi connectivity index (χ0n) is 16.1. The number of benzene rings is 2. The molecule has 3 heterocycles. The zero-order chi connectivity index (χ0) is 19.8. The lowest BCUT2D eigenvalue weighted by Gasteiger charge is -2.31. The average Bonchev–Trinajstić information content (AvgIpc) is 3.40. The van der Waals surface area contributed by atoms with E-state index in [4.69, 9.17) is 4.74 Å². The van der Waals surface area contributed by atoms with Gasteiger partial charge in [0.05, 0.1) is 35.9 Å². The third-order valence-electron chi connectivity index (χ3n) is 5.78. The number of carbonyl (C=O) groups excluding carboxylic acids is 1. The number of nitrogens with one attached hydrogen (secondary N) is 1. The maximum absolute atomic E-state index is 13.5. The quantitative estimate of drug-likeness (QED) is 0.738. The Bertz CT molecular complexity index is 1040. The summed E-state index contributed by atoms with van der Waals surface area (Å²) >= 11 is 0. The first-order valence-corrected chi connectivity index (χ1v) is 10.1. The van der Waals surface area contributed by atoms with Crippen LogP contribution in [0.25, 0.3) is 11.0 Å². The van der Waals surface area contributed by atoms with Gasteiger partial charge in [0.1, 0.15) is 11.6 Å². The fourth-order valence-electron chi connectivity index (χ4n) is 4.34. The zero-order valence-corrected chi connectivity index (χ0v) is 16.1. The maximum atomic E-state index is 13.5. The monoisotopic (exact) mass is 394 g/mol. The van der Waals surface area contributed by atoms with Crippen molar-refractivity contribution < 1.29 is 13.9 Å². The minimum atomic E-state index is -0.300. The van der Waals surface area contributed by atoms with Gasteiger partial charge >= 0.3 is 0 Å². The molecule has 6 nitrogen and oxygen atoms in total. The van der Waals surface area contributed by atoms with Crippen molar-refractivity contribution in [1.82, 2.24) is 14.9 Å². The second-order valence-electron chi connectivity index (χ2n) is 7.56. The fourth-order valence-corrected chi connectivity index (χ4v) is 4.34. The van der Waals surface area contributed by atoms with Gasteiger partial charge in [-0.25, -0.2) is 9.37 Å². The van der Waals surface area contributed by atoms with Gasteiger partial charge in [-0.2, -0.15) is 0 Å². The molecule has 2 aliphatic heterocycles. The molecule has 2 fully saturated rings. The smallest absolute Gasteiger partial charge is 0.256 e. The van der Waals surface area contributed by atoms with E-state index < -0.39 is 0 Å². The Labute approximate surface area is 168 Å². The number of aromatic nitrogens is 2. The van der Waals surface area contributed by atoms with E-state index in [0.717, 1.165) is 43.0 Å². The van der Waals surface area contributed by atoms with Crippen molar-refractivity contribution >= 4 is 22.6 Å². The van der Waals surface area contributed by atoms with Crippen molar-refractivity contribution in [3.63, 3.8) is 0 Å². The number of morpholine rings is 1. The highest BCUT2D eigenvalue weighted by Gasteiger charge is 2.34. The van der Waals surface area contributed by atoms with Crippen LogP contribution in [0.2, 0.25) is 0 Å². The van der Waals surface area contributed by atoms with Crippen LogP contribution in [-0.2, 0) is 4.74 Å². The van der Waals surface area contributed by atoms with E-state index in [1.54, 1.807) is 6.07 Å². The topological polar surface area (TPSA) is 61.5 Å². The van der Waals surface area contributed by atoms with Crippen LogP contribution in [0.3, 0.4) is 0 Å². The molecule has 2 aliphatic rings. The molecule has 5 rings (SSSR count). The summed E-state index contributed by atoms with van der Waals surface area (Å²) in [5.41, 5.74) is 3.05. The molecule has 1 N–H and O–H groups in total. The second kappa shape index (κ2) is 7.48. The van der Waals surface area contributed by atoms with Crippen molar-refractivity contribution in [3.8, 4) is 0 Å². The van der Waals surface area contributed by atoms with Crippen LogP contribution in [0, 0.1) is 5.82 Å². The van der Waals surface area contributed by atoms with Gasteiger partial charge in [-0.05, 0) is 43.2 Å². The Balaban J connectivity index is 1.46. The number of carbonyl (C=O) groups is 1. The Morgan fingerprint density at radius 1 is 1.14 bits per heavy atom. The molecule has 1 aromatic heterocycles. The summed E-state index contributed by atoms with van der Waals surface area (Å²) in [7, 11) is 0. The third kappa shape index (κ3) is 3.35. The molecule has 0 spiro atoms. The average molecular weight is 394 g/mol. The molecule has 3 aromatic rings. The van der Waals surface area contributed by atoms with Gasteiger partial charge in [0.2, 0.25) is 0 Å². The van der Waals surface area contributed by atoms with Crippen molar-refractivity contribution in [2.45, 2.75) is 18.9 Å². The summed E-state index contributed by atoms with van der Waals surface area (Å²) in [4.78, 5) is 25.5.